The van der Waals surface area contributed by atoms with Gasteiger partial charge in [0.15, 0.2) is 5.69 Å². The lowest BCUT2D eigenvalue weighted by atomic mass is 9.97. The molecular weight excluding hydrogens is 404 g/mol. The molecule has 3 heterocycles. The third kappa shape index (κ3) is 4.96. The number of aryl methyl sites for hydroxylation is 1. The zero-order chi connectivity index (χ0) is 22.7. The number of anilines is 1. The van der Waals surface area contributed by atoms with Crippen molar-refractivity contribution in [3.63, 3.8) is 0 Å². The summed E-state index contributed by atoms with van der Waals surface area (Å²) in [4.78, 5) is 18.8. The number of hydrogen-bond acceptors (Lipinski definition) is 6. The normalized spacial score (nSPS) is 17.6. The Balaban J connectivity index is 1.33. The minimum atomic E-state index is -0.203. The third-order valence-electron chi connectivity index (χ3n) is 6.77. The maximum absolute atomic E-state index is 12.3. The summed E-state index contributed by atoms with van der Waals surface area (Å²) in [6.07, 6.45) is 6.15. The number of aliphatic hydroxyl groups is 1. The number of likely N-dealkylation sites (tertiary alicyclic amines) is 1. The molecule has 1 aromatic carbocycles. The summed E-state index contributed by atoms with van der Waals surface area (Å²) >= 11 is 0. The zero-order valence-electron chi connectivity index (χ0n) is 19.6. The van der Waals surface area contributed by atoms with Crippen LogP contribution in [0.15, 0.2) is 24.4 Å². The molecule has 1 amide bonds. The fraction of sp³-hybridized carbons (Fsp3) is 0.625. The van der Waals surface area contributed by atoms with Crippen molar-refractivity contribution in [3.05, 3.63) is 41.2 Å². The second kappa shape index (κ2) is 10.0. The van der Waals surface area contributed by atoms with Crippen LogP contribution in [0.5, 0.6) is 0 Å². The molecule has 32 heavy (non-hydrogen) atoms. The first-order valence-electron chi connectivity index (χ1n) is 11.8. The van der Waals surface area contributed by atoms with Gasteiger partial charge in [0.1, 0.15) is 0 Å². The monoisotopic (exact) mass is 440 g/mol. The maximum Gasteiger partial charge on any atom is 0.275 e. The molecule has 8 heteroatoms. The molecule has 0 aliphatic carbocycles. The topological polar surface area (TPSA) is 77.7 Å². The van der Waals surface area contributed by atoms with Crippen molar-refractivity contribution in [2.75, 3.05) is 44.7 Å². The van der Waals surface area contributed by atoms with Crippen LogP contribution in [0, 0.1) is 0 Å². The van der Waals surface area contributed by atoms with Gasteiger partial charge in [-0.05, 0) is 56.7 Å². The maximum atomic E-state index is 12.3. The first-order valence-corrected chi connectivity index (χ1v) is 11.8. The summed E-state index contributed by atoms with van der Waals surface area (Å²) in [5.74, 6) is -0.203. The first kappa shape index (κ1) is 22.7. The number of rotatable bonds is 7. The van der Waals surface area contributed by atoms with Crippen LogP contribution >= 0.6 is 0 Å². The highest BCUT2D eigenvalue weighted by Crippen LogP contribution is 2.30. The van der Waals surface area contributed by atoms with Gasteiger partial charge in [0.25, 0.3) is 5.91 Å². The van der Waals surface area contributed by atoms with Crippen molar-refractivity contribution in [2.24, 2.45) is 0 Å². The van der Waals surface area contributed by atoms with Crippen molar-refractivity contribution >= 4 is 11.6 Å². The molecule has 1 saturated heterocycles. The van der Waals surface area contributed by atoms with Crippen LogP contribution in [0.2, 0.25) is 0 Å². The number of carbonyl (C=O) groups is 1. The van der Waals surface area contributed by atoms with E-state index in [9.17, 15) is 4.79 Å². The summed E-state index contributed by atoms with van der Waals surface area (Å²) in [5.41, 5.74) is 4.64. The van der Waals surface area contributed by atoms with Crippen LogP contribution in [0.1, 0.15) is 60.8 Å². The largest absolute Gasteiger partial charge is 0.395 e. The van der Waals surface area contributed by atoms with Gasteiger partial charge in [0.05, 0.1) is 18.8 Å². The second-order valence-electron chi connectivity index (χ2n) is 9.40. The predicted molar refractivity (Wildman–Crippen MR) is 125 cm³/mol. The quantitative estimate of drug-likeness (QED) is 0.712. The van der Waals surface area contributed by atoms with Crippen LogP contribution in [-0.2, 0) is 13.0 Å². The van der Waals surface area contributed by atoms with Crippen LogP contribution < -0.4 is 4.90 Å². The molecule has 174 valence electrons. The van der Waals surface area contributed by atoms with Crippen LogP contribution in [0.25, 0.3) is 0 Å². The van der Waals surface area contributed by atoms with E-state index in [0.717, 1.165) is 39.0 Å². The number of aromatic nitrogens is 3. The van der Waals surface area contributed by atoms with Gasteiger partial charge in [-0.3, -0.25) is 9.69 Å². The van der Waals surface area contributed by atoms with E-state index in [1.807, 2.05) is 4.68 Å². The molecule has 1 aromatic heterocycles. The van der Waals surface area contributed by atoms with Crippen molar-refractivity contribution in [1.82, 2.24) is 24.8 Å². The van der Waals surface area contributed by atoms with Gasteiger partial charge in [-0.25, -0.2) is 4.68 Å². The molecule has 8 nitrogen and oxygen atoms in total. The van der Waals surface area contributed by atoms with E-state index in [0.29, 0.717) is 18.3 Å². The van der Waals surface area contributed by atoms with Crippen molar-refractivity contribution in [1.29, 1.82) is 0 Å². The number of hydrogen-bond donors (Lipinski definition) is 1. The molecule has 0 unspecified atom stereocenters. The van der Waals surface area contributed by atoms with Gasteiger partial charge >= 0.3 is 0 Å². The number of piperidine rings is 1. The third-order valence-corrected chi connectivity index (χ3v) is 6.77. The van der Waals surface area contributed by atoms with Crippen LogP contribution in [-0.4, -0.2) is 81.7 Å². The highest BCUT2D eigenvalue weighted by atomic mass is 16.3. The number of benzene rings is 1. The van der Waals surface area contributed by atoms with Gasteiger partial charge in [0.2, 0.25) is 0 Å². The standard InChI is InChI=1S/C24H36N6O2/c1-18(2)29-10-4-5-20-15-19(6-7-23(20)29)16-28-11-8-21(9-12-28)30-17-22(25-26-30)24(32)27(3)13-14-31/h6-7,15,17-18,21,31H,4-5,8-14,16H2,1-3H3. The number of aliphatic hydroxyl groups excluding tert-OH is 1. The Kier molecular flexibility index (Phi) is 7.10. The number of fused-ring (bicyclic) bond motifs is 1. The average molecular weight is 441 g/mol. The fourth-order valence-electron chi connectivity index (χ4n) is 4.91. The summed E-state index contributed by atoms with van der Waals surface area (Å²) in [7, 11) is 1.66. The lowest BCUT2D eigenvalue weighted by Gasteiger charge is -2.35. The molecule has 1 N–H and O–H groups in total. The Hall–Kier alpha value is -2.45. The van der Waals surface area contributed by atoms with E-state index in [1.165, 1.54) is 34.6 Å². The zero-order valence-corrected chi connectivity index (χ0v) is 19.6. The molecule has 0 spiro atoms. The van der Waals surface area contributed by atoms with Gasteiger partial charge in [0, 0.05) is 51.5 Å². The lowest BCUT2D eigenvalue weighted by Crippen LogP contribution is -2.36. The minimum absolute atomic E-state index is 0.0605. The van der Waals surface area contributed by atoms with E-state index in [2.05, 4.69) is 52.2 Å². The Morgan fingerprint density at radius 1 is 1.25 bits per heavy atom. The van der Waals surface area contributed by atoms with Crippen molar-refractivity contribution in [2.45, 2.75) is 58.2 Å². The SMILES string of the molecule is CC(C)N1CCCc2cc(CN3CCC(n4cc(C(=O)N(C)CCO)nn4)CC3)ccc21. The predicted octanol–water partition coefficient (Wildman–Crippen LogP) is 2.34. The highest BCUT2D eigenvalue weighted by molar-refractivity contribution is 5.91. The van der Waals surface area contributed by atoms with Gasteiger partial charge < -0.3 is 14.9 Å². The molecule has 1 fully saturated rings. The van der Waals surface area contributed by atoms with E-state index >= 15 is 0 Å². The first-order chi connectivity index (χ1) is 15.5. The van der Waals surface area contributed by atoms with Crippen LogP contribution in [0.3, 0.4) is 0 Å². The molecular formula is C24H36N6O2. The van der Waals surface area contributed by atoms with E-state index in [4.69, 9.17) is 5.11 Å². The molecule has 2 aliphatic rings. The molecule has 4 rings (SSSR count). The number of likely N-dealkylation sites (N-methyl/N-ethyl adjacent to an activating group) is 1. The summed E-state index contributed by atoms with van der Waals surface area (Å²) < 4.78 is 1.84. The number of amides is 1. The van der Waals surface area contributed by atoms with E-state index in [-0.39, 0.29) is 18.6 Å². The summed E-state index contributed by atoms with van der Waals surface area (Å²) in [5, 5.41) is 17.3. The van der Waals surface area contributed by atoms with Gasteiger partial charge in [-0.1, -0.05) is 17.3 Å². The van der Waals surface area contributed by atoms with E-state index < -0.39 is 0 Å². The molecule has 0 bridgehead atoms. The average Bonchev–Trinajstić information content (AvgIpc) is 3.29. The Labute approximate surface area is 190 Å². The fourth-order valence-corrected chi connectivity index (χ4v) is 4.91. The van der Waals surface area contributed by atoms with E-state index in [1.54, 1.807) is 13.2 Å². The minimum Gasteiger partial charge on any atom is -0.395 e. The lowest BCUT2D eigenvalue weighted by molar-refractivity contribution is 0.0761. The molecule has 2 aliphatic heterocycles. The highest BCUT2D eigenvalue weighted by Gasteiger charge is 2.24. The molecule has 0 saturated carbocycles. The molecule has 0 atom stereocenters. The Bertz CT molecular complexity index is 919. The Morgan fingerprint density at radius 3 is 2.75 bits per heavy atom. The smallest absolute Gasteiger partial charge is 0.275 e. The van der Waals surface area contributed by atoms with Crippen molar-refractivity contribution < 1.29 is 9.90 Å². The van der Waals surface area contributed by atoms with Crippen LogP contribution in [0.4, 0.5) is 5.69 Å². The van der Waals surface area contributed by atoms with Gasteiger partial charge in [-0.2, -0.15) is 0 Å². The Morgan fingerprint density at radius 2 is 2.03 bits per heavy atom. The number of carbonyl (C=O) groups excluding carboxylic acids is 1. The number of nitrogens with zero attached hydrogens (tertiary/aromatic N) is 6. The second-order valence-corrected chi connectivity index (χ2v) is 9.40. The summed E-state index contributed by atoms with van der Waals surface area (Å²) in [6, 6.07) is 7.84. The van der Waals surface area contributed by atoms with Gasteiger partial charge in [-0.15, -0.1) is 5.10 Å². The summed E-state index contributed by atoms with van der Waals surface area (Å²) in [6.45, 7) is 8.93. The van der Waals surface area contributed by atoms with Crippen molar-refractivity contribution in [3.8, 4) is 0 Å². The molecule has 0 radical (unpaired) electrons. The molecule has 2 aromatic rings.